The maximum atomic E-state index is 11.0. The number of rotatable bonds is 8. The van der Waals surface area contributed by atoms with Crippen LogP contribution in [0.2, 0.25) is 0 Å². The summed E-state index contributed by atoms with van der Waals surface area (Å²) in [6.07, 6.45) is 6.99. The summed E-state index contributed by atoms with van der Waals surface area (Å²) < 4.78 is 21.9. The van der Waals surface area contributed by atoms with Gasteiger partial charge in [-0.15, -0.1) is 0 Å². The van der Waals surface area contributed by atoms with Gasteiger partial charge in [0.05, 0.1) is 0 Å². The zero-order valence-electron chi connectivity index (χ0n) is 8.91. The summed E-state index contributed by atoms with van der Waals surface area (Å²) in [4.78, 5) is 0. The van der Waals surface area contributed by atoms with Crippen LogP contribution in [0.1, 0.15) is 38.5 Å². The molecule has 0 saturated carbocycles. The molecule has 4 nitrogen and oxygen atoms in total. The Morgan fingerprint density at radius 2 is 1.57 bits per heavy atom. The predicted octanol–water partition coefficient (Wildman–Crippen LogP) is 0.615. The predicted molar refractivity (Wildman–Crippen MR) is 59.6 cm³/mol. The van der Waals surface area contributed by atoms with Gasteiger partial charge in [-0.2, -0.15) is 0 Å². The third kappa shape index (κ3) is 7.29. The number of hydrogen-bond acceptors (Lipinski definition) is 4. The van der Waals surface area contributed by atoms with Gasteiger partial charge in [0.25, 0.3) is 0 Å². The summed E-state index contributed by atoms with van der Waals surface area (Å²) in [6.45, 7) is 0.739. The molecule has 4 N–H and O–H groups in total. The summed E-state index contributed by atoms with van der Waals surface area (Å²) in [5, 5.41) is -0.683. The lowest BCUT2D eigenvalue weighted by atomic mass is 10.1. The van der Waals surface area contributed by atoms with Crippen molar-refractivity contribution in [1.82, 2.24) is 0 Å². The first-order valence-corrected chi connectivity index (χ1v) is 7.08. The summed E-state index contributed by atoms with van der Waals surface area (Å²) >= 11 is 0. The molecule has 0 aromatic carbocycles. The van der Waals surface area contributed by atoms with Gasteiger partial charge in [-0.1, -0.05) is 25.7 Å². The Bertz CT molecular complexity index is 227. The van der Waals surface area contributed by atoms with Crippen LogP contribution in [0.15, 0.2) is 0 Å². The van der Waals surface area contributed by atoms with Crippen LogP contribution in [-0.2, 0) is 9.84 Å². The fraction of sp³-hybridized carbons (Fsp3) is 1.00. The summed E-state index contributed by atoms with van der Waals surface area (Å²) in [5.41, 5.74) is 10.8. The van der Waals surface area contributed by atoms with Crippen LogP contribution >= 0.6 is 0 Å². The molecule has 0 amide bonds. The topological polar surface area (TPSA) is 86.2 Å². The van der Waals surface area contributed by atoms with Crippen LogP contribution in [0, 0.1) is 0 Å². The van der Waals surface area contributed by atoms with Gasteiger partial charge in [0.15, 0.2) is 9.84 Å². The third-order valence-corrected chi connectivity index (χ3v) is 3.58. The second-order valence-corrected chi connectivity index (χ2v) is 5.98. The van der Waals surface area contributed by atoms with E-state index >= 15 is 0 Å². The zero-order chi connectivity index (χ0) is 11.0. The minimum absolute atomic E-state index is 0.571. The number of sulfone groups is 1. The van der Waals surface area contributed by atoms with Gasteiger partial charge < -0.3 is 11.5 Å². The van der Waals surface area contributed by atoms with E-state index in [1.807, 2.05) is 0 Å². The fourth-order valence-corrected chi connectivity index (χ4v) is 1.83. The lowest BCUT2D eigenvalue weighted by Crippen LogP contribution is -2.29. The molecule has 0 fully saturated rings. The van der Waals surface area contributed by atoms with Crippen LogP contribution in [0.25, 0.3) is 0 Å². The van der Waals surface area contributed by atoms with Crippen molar-refractivity contribution in [2.24, 2.45) is 11.5 Å². The van der Waals surface area contributed by atoms with Gasteiger partial charge in [0.2, 0.25) is 0 Å². The van der Waals surface area contributed by atoms with E-state index in [2.05, 4.69) is 0 Å². The molecular formula is C9H22N2O2S. The number of hydrogen-bond donors (Lipinski definition) is 2. The SMILES string of the molecule is CS(=O)(=O)C(N)CCCCCCCN. The Morgan fingerprint density at radius 3 is 2.07 bits per heavy atom. The molecule has 0 aromatic heterocycles. The zero-order valence-corrected chi connectivity index (χ0v) is 9.72. The molecule has 0 aliphatic rings. The molecule has 14 heavy (non-hydrogen) atoms. The summed E-state index contributed by atoms with van der Waals surface area (Å²) in [6, 6.07) is 0. The Kier molecular flexibility index (Phi) is 7.13. The molecule has 0 aliphatic carbocycles. The molecule has 1 unspecified atom stereocenters. The normalized spacial score (nSPS) is 14.2. The highest BCUT2D eigenvalue weighted by Crippen LogP contribution is 2.08. The molecular weight excluding hydrogens is 200 g/mol. The van der Waals surface area contributed by atoms with Crippen LogP contribution in [0.5, 0.6) is 0 Å². The average molecular weight is 222 g/mol. The van der Waals surface area contributed by atoms with Crippen LogP contribution in [0.3, 0.4) is 0 Å². The Balaban J connectivity index is 3.37. The quantitative estimate of drug-likeness (QED) is 0.589. The van der Waals surface area contributed by atoms with E-state index in [0.717, 1.165) is 38.6 Å². The molecule has 0 radical (unpaired) electrons. The highest BCUT2D eigenvalue weighted by Gasteiger charge is 2.13. The molecule has 0 aliphatic heterocycles. The van der Waals surface area contributed by atoms with Gasteiger partial charge in [-0.3, -0.25) is 0 Å². The molecule has 0 rings (SSSR count). The van der Waals surface area contributed by atoms with E-state index in [9.17, 15) is 8.42 Å². The van der Waals surface area contributed by atoms with E-state index in [4.69, 9.17) is 11.5 Å². The van der Waals surface area contributed by atoms with Crippen molar-refractivity contribution in [3.8, 4) is 0 Å². The largest absolute Gasteiger partial charge is 0.330 e. The van der Waals surface area contributed by atoms with E-state index in [0.29, 0.717) is 6.42 Å². The summed E-state index contributed by atoms with van der Waals surface area (Å²) in [7, 11) is -3.04. The maximum absolute atomic E-state index is 11.0. The molecule has 0 aromatic rings. The van der Waals surface area contributed by atoms with Crippen molar-refractivity contribution in [2.75, 3.05) is 12.8 Å². The first-order valence-electron chi connectivity index (χ1n) is 5.13. The van der Waals surface area contributed by atoms with Crippen molar-refractivity contribution in [3.63, 3.8) is 0 Å². The lowest BCUT2D eigenvalue weighted by Gasteiger charge is -2.08. The minimum atomic E-state index is -3.04. The van der Waals surface area contributed by atoms with Crippen molar-refractivity contribution >= 4 is 9.84 Å². The van der Waals surface area contributed by atoms with Crippen molar-refractivity contribution < 1.29 is 8.42 Å². The Labute approximate surface area is 87.0 Å². The van der Waals surface area contributed by atoms with Gasteiger partial charge in [-0.05, 0) is 19.4 Å². The van der Waals surface area contributed by atoms with E-state index in [1.165, 1.54) is 6.26 Å². The average Bonchev–Trinajstić information content (AvgIpc) is 2.09. The Morgan fingerprint density at radius 1 is 1.07 bits per heavy atom. The molecule has 5 heteroatoms. The second-order valence-electron chi connectivity index (χ2n) is 3.71. The van der Waals surface area contributed by atoms with Crippen molar-refractivity contribution in [2.45, 2.75) is 43.9 Å². The first-order chi connectivity index (χ1) is 6.48. The number of nitrogens with two attached hydrogens (primary N) is 2. The molecule has 0 heterocycles. The fourth-order valence-electron chi connectivity index (χ4n) is 1.23. The molecule has 1 atom stereocenters. The van der Waals surface area contributed by atoms with Crippen LogP contribution < -0.4 is 11.5 Å². The van der Waals surface area contributed by atoms with Crippen LogP contribution in [-0.4, -0.2) is 26.6 Å². The Hall–Kier alpha value is -0.130. The minimum Gasteiger partial charge on any atom is -0.330 e. The van der Waals surface area contributed by atoms with Crippen molar-refractivity contribution in [1.29, 1.82) is 0 Å². The monoisotopic (exact) mass is 222 g/mol. The van der Waals surface area contributed by atoms with Gasteiger partial charge in [0.1, 0.15) is 5.37 Å². The highest BCUT2D eigenvalue weighted by molar-refractivity contribution is 7.91. The van der Waals surface area contributed by atoms with Gasteiger partial charge >= 0.3 is 0 Å². The van der Waals surface area contributed by atoms with Gasteiger partial charge in [0, 0.05) is 6.26 Å². The third-order valence-electron chi connectivity index (χ3n) is 2.24. The summed E-state index contributed by atoms with van der Waals surface area (Å²) in [5.74, 6) is 0. The molecule has 0 saturated heterocycles. The second kappa shape index (κ2) is 7.20. The first kappa shape index (κ1) is 13.9. The molecule has 0 spiro atoms. The smallest absolute Gasteiger partial charge is 0.163 e. The highest BCUT2D eigenvalue weighted by atomic mass is 32.2. The van der Waals surface area contributed by atoms with E-state index < -0.39 is 15.2 Å². The molecule has 0 bridgehead atoms. The van der Waals surface area contributed by atoms with E-state index in [-0.39, 0.29) is 0 Å². The van der Waals surface area contributed by atoms with E-state index in [1.54, 1.807) is 0 Å². The van der Waals surface area contributed by atoms with Crippen LogP contribution in [0.4, 0.5) is 0 Å². The lowest BCUT2D eigenvalue weighted by molar-refractivity contribution is 0.555. The maximum Gasteiger partial charge on any atom is 0.163 e. The number of unbranched alkanes of at least 4 members (excludes halogenated alkanes) is 4. The van der Waals surface area contributed by atoms with Gasteiger partial charge in [-0.25, -0.2) is 8.42 Å². The van der Waals surface area contributed by atoms with Crippen molar-refractivity contribution in [3.05, 3.63) is 0 Å². The standard InChI is InChI=1S/C9H22N2O2S/c1-14(12,13)9(11)7-5-3-2-4-6-8-10/h9H,2-8,10-11H2,1H3. The molecule has 86 valence electrons.